The van der Waals surface area contributed by atoms with E-state index >= 15 is 0 Å². The molecule has 2 heterocycles. The summed E-state index contributed by atoms with van der Waals surface area (Å²) >= 11 is 6.17. The highest BCUT2D eigenvalue weighted by Crippen LogP contribution is 2.37. The molecular formula is C28H33ClN4O5. The van der Waals surface area contributed by atoms with Crippen LogP contribution in [0.15, 0.2) is 48.7 Å². The number of halogens is 1. The van der Waals surface area contributed by atoms with Crippen molar-refractivity contribution in [3.05, 3.63) is 53.7 Å². The molecule has 38 heavy (non-hydrogen) atoms. The number of nitrogens with zero attached hydrogens (tertiary/aromatic N) is 3. The van der Waals surface area contributed by atoms with Gasteiger partial charge < -0.3 is 20.3 Å². The van der Waals surface area contributed by atoms with Gasteiger partial charge in [-0.2, -0.15) is 5.10 Å². The van der Waals surface area contributed by atoms with Crippen LogP contribution in [0.25, 0.3) is 22.4 Å². The number of phenolic OH excluding ortho intramolecular Hbond substituents is 1. The summed E-state index contributed by atoms with van der Waals surface area (Å²) in [5.41, 5.74) is 2.47. The number of likely N-dealkylation sites (tertiary alicyclic amines) is 1. The standard InChI is InChI=1S/C28H33ClN4O5/c1-28(2,3)38-27(37)33-13-5-4-6-23(33)26(36)30-20-10-7-18(8-11-20)22-17-32(14-15-34)31-25(22)21-16-19(29)9-12-24(21)35/h7-12,16-17,23,34-35H,4-6,13-15H2,1-3H3,(H,30,36)/t23-/m0/s1. The number of carbonyl (C=O) groups is 2. The Morgan fingerprint density at radius 1 is 1.13 bits per heavy atom. The van der Waals surface area contributed by atoms with E-state index in [0.29, 0.717) is 34.9 Å². The van der Waals surface area contributed by atoms with E-state index in [1.807, 2.05) is 12.1 Å². The predicted octanol–water partition coefficient (Wildman–Crippen LogP) is 5.30. The van der Waals surface area contributed by atoms with Crippen LogP contribution in [0.4, 0.5) is 10.5 Å². The molecule has 0 spiro atoms. The fourth-order valence-corrected chi connectivity index (χ4v) is 4.62. The van der Waals surface area contributed by atoms with Gasteiger partial charge in [0.2, 0.25) is 5.91 Å². The second-order valence-corrected chi connectivity index (χ2v) is 10.7. The maximum Gasteiger partial charge on any atom is 0.410 e. The molecule has 1 aliphatic rings. The molecule has 3 aromatic rings. The Labute approximate surface area is 227 Å². The summed E-state index contributed by atoms with van der Waals surface area (Å²) in [6.07, 6.45) is 3.56. The maximum absolute atomic E-state index is 13.1. The molecule has 4 rings (SSSR count). The number of hydrogen-bond donors (Lipinski definition) is 3. The molecular weight excluding hydrogens is 508 g/mol. The number of carbonyl (C=O) groups excluding carboxylic acids is 2. The quantitative estimate of drug-likeness (QED) is 0.391. The van der Waals surface area contributed by atoms with E-state index in [4.69, 9.17) is 16.3 Å². The number of rotatable bonds is 6. The summed E-state index contributed by atoms with van der Waals surface area (Å²) in [7, 11) is 0. The molecule has 1 atom stereocenters. The van der Waals surface area contributed by atoms with Crippen molar-refractivity contribution in [1.29, 1.82) is 0 Å². The zero-order chi connectivity index (χ0) is 27.4. The number of aliphatic hydroxyl groups is 1. The zero-order valence-corrected chi connectivity index (χ0v) is 22.5. The van der Waals surface area contributed by atoms with E-state index in [1.165, 1.54) is 11.0 Å². The molecule has 3 N–H and O–H groups in total. The van der Waals surface area contributed by atoms with Crippen molar-refractivity contribution in [3.63, 3.8) is 0 Å². The monoisotopic (exact) mass is 540 g/mol. The first-order valence-corrected chi connectivity index (χ1v) is 13.0. The highest BCUT2D eigenvalue weighted by Gasteiger charge is 2.34. The first-order valence-electron chi connectivity index (χ1n) is 12.6. The Kier molecular flexibility index (Phi) is 8.28. The minimum absolute atomic E-state index is 0.0378. The molecule has 0 bridgehead atoms. The van der Waals surface area contributed by atoms with Crippen LogP contribution >= 0.6 is 11.6 Å². The third kappa shape index (κ3) is 6.46. The fraction of sp³-hybridized carbons (Fsp3) is 0.393. The summed E-state index contributed by atoms with van der Waals surface area (Å²) in [5.74, 6) is -0.223. The Morgan fingerprint density at radius 3 is 2.55 bits per heavy atom. The molecule has 10 heteroatoms. The molecule has 1 saturated heterocycles. The molecule has 0 saturated carbocycles. The lowest BCUT2D eigenvalue weighted by molar-refractivity contribution is -0.122. The summed E-state index contributed by atoms with van der Waals surface area (Å²) in [6.45, 7) is 6.09. The molecule has 1 aliphatic heterocycles. The van der Waals surface area contributed by atoms with Crippen LogP contribution in [0.3, 0.4) is 0 Å². The third-order valence-corrected chi connectivity index (χ3v) is 6.44. The highest BCUT2D eigenvalue weighted by atomic mass is 35.5. The Hall–Kier alpha value is -3.56. The van der Waals surface area contributed by atoms with Gasteiger partial charge in [-0.15, -0.1) is 0 Å². The van der Waals surface area contributed by atoms with Gasteiger partial charge in [0.05, 0.1) is 13.2 Å². The van der Waals surface area contributed by atoms with Crippen LogP contribution in [-0.4, -0.2) is 61.7 Å². The summed E-state index contributed by atoms with van der Waals surface area (Å²) in [4.78, 5) is 27.4. The van der Waals surface area contributed by atoms with Crippen molar-refractivity contribution in [3.8, 4) is 28.1 Å². The van der Waals surface area contributed by atoms with Gasteiger partial charge in [-0.05, 0) is 75.9 Å². The Morgan fingerprint density at radius 2 is 1.87 bits per heavy atom. The molecule has 2 amide bonds. The van der Waals surface area contributed by atoms with Gasteiger partial charge in [0.15, 0.2) is 0 Å². The molecule has 0 radical (unpaired) electrons. The van der Waals surface area contributed by atoms with E-state index in [1.54, 1.807) is 55.9 Å². The van der Waals surface area contributed by atoms with E-state index in [-0.39, 0.29) is 24.8 Å². The fourth-order valence-electron chi connectivity index (χ4n) is 4.45. The van der Waals surface area contributed by atoms with E-state index in [0.717, 1.165) is 24.0 Å². The van der Waals surface area contributed by atoms with Crippen molar-refractivity contribution in [1.82, 2.24) is 14.7 Å². The number of benzene rings is 2. The van der Waals surface area contributed by atoms with Crippen LogP contribution in [0, 0.1) is 0 Å². The first-order chi connectivity index (χ1) is 18.1. The number of amides is 2. The minimum Gasteiger partial charge on any atom is -0.507 e. The zero-order valence-electron chi connectivity index (χ0n) is 21.8. The van der Waals surface area contributed by atoms with Gasteiger partial charge in [0.1, 0.15) is 23.1 Å². The molecule has 1 aromatic heterocycles. The van der Waals surface area contributed by atoms with Crippen LogP contribution in [0.1, 0.15) is 40.0 Å². The minimum atomic E-state index is -0.642. The maximum atomic E-state index is 13.1. The smallest absolute Gasteiger partial charge is 0.410 e. The Bertz CT molecular complexity index is 1300. The third-order valence-electron chi connectivity index (χ3n) is 6.20. The van der Waals surface area contributed by atoms with Gasteiger partial charge in [-0.3, -0.25) is 14.4 Å². The van der Waals surface area contributed by atoms with Gasteiger partial charge in [0, 0.05) is 34.6 Å². The van der Waals surface area contributed by atoms with Crippen LogP contribution in [0.2, 0.25) is 5.02 Å². The summed E-state index contributed by atoms with van der Waals surface area (Å²) < 4.78 is 7.12. The second-order valence-electron chi connectivity index (χ2n) is 10.3. The molecule has 1 fully saturated rings. The average Bonchev–Trinajstić information content (AvgIpc) is 3.28. The molecule has 0 unspecified atom stereocenters. The SMILES string of the molecule is CC(C)(C)OC(=O)N1CCCC[C@H]1C(=O)Nc1ccc(-c2cn(CCO)nc2-c2cc(Cl)ccc2O)cc1. The van der Waals surface area contributed by atoms with Gasteiger partial charge >= 0.3 is 6.09 Å². The lowest BCUT2D eigenvalue weighted by Gasteiger charge is -2.35. The number of aromatic nitrogens is 2. The van der Waals surface area contributed by atoms with Gasteiger partial charge in [-0.1, -0.05) is 23.7 Å². The molecule has 2 aromatic carbocycles. The molecule has 202 valence electrons. The number of aromatic hydroxyl groups is 1. The van der Waals surface area contributed by atoms with Crippen molar-refractivity contribution < 1.29 is 24.5 Å². The van der Waals surface area contributed by atoms with Crippen molar-refractivity contribution in [2.24, 2.45) is 0 Å². The largest absolute Gasteiger partial charge is 0.507 e. The van der Waals surface area contributed by atoms with Crippen LogP contribution in [0.5, 0.6) is 5.75 Å². The summed E-state index contributed by atoms with van der Waals surface area (Å²) in [6, 6.07) is 11.4. The predicted molar refractivity (Wildman–Crippen MR) is 146 cm³/mol. The number of hydrogen-bond acceptors (Lipinski definition) is 6. The highest BCUT2D eigenvalue weighted by molar-refractivity contribution is 6.31. The van der Waals surface area contributed by atoms with E-state index in [9.17, 15) is 19.8 Å². The number of nitrogens with one attached hydrogen (secondary N) is 1. The second kappa shape index (κ2) is 11.4. The number of piperidine rings is 1. The average molecular weight is 541 g/mol. The summed E-state index contributed by atoms with van der Waals surface area (Å²) in [5, 5.41) is 27.8. The van der Waals surface area contributed by atoms with E-state index < -0.39 is 17.7 Å². The topological polar surface area (TPSA) is 117 Å². The van der Waals surface area contributed by atoms with Gasteiger partial charge in [0.25, 0.3) is 0 Å². The number of ether oxygens (including phenoxy) is 1. The normalized spacial score (nSPS) is 15.8. The number of anilines is 1. The molecule has 9 nitrogen and oxygen atoms in total. The molecule has 0 aliphatic carbocycles. The van der Waals surface area contributed by atoms with Crippen molar-refractivity contribution in [2.75, 3.05) is 18.5 Å². The van der Waals surface area contributed by atoms with E-state index in [2.05, 4.69) is 10.4 Å². The van der Waals surface area contributed by atoms with Crippen molar-refractivity contribution in [2.45, 2.75) is 58.2 Å². The van der Waals surface area contributed by atoms with Crippen molar-refractivity contribution >= 4 is 29.3 Å². The lowest BCUT2D eigenvalue weighted by Crippen LogP contribution is -2.51. The van der Waals surface area contributed by atoms with Gasteiger partial charge in [-0.25, -0.2) is 4.79 Å². The Balaban J connectivity index is 1.55. The number of aliphatic hydroxyl groups excluding tert-OH is 1. The first kappa shape index (κ1) is 27.5. The lowest BCUT2D eigenvalue weighted by atomic mass is 10.0. The van der Waals surface area contributed by atoms with Crippen LogP contribution in [-0.2, 0) is 16.1 Å². The number of phenols is 1. The van der Waals surface area contributed by atoms with Crippen LogP contribution < -0.4 is 5.32 Å².